The molecule has 1 aliphatic rings. The molecule has 1 aromatic rings. The Labute approximate surface area is 159 Å². The molecule has 0 radical (unpaired) electrons. The number of carbonyl (C=O) groups is 2. The monoisotopic (exact) mass is 405 g/mol. The summed E-state index contributed by atoms with van der Waals surface area (Å²) >= 11 is 0. The maximum Gasteiger partial charge on any atom is 0.416 e. The van der Waals surface area contributed by atoms with E-state index in [0.29, 0.717) is 44.8 Å². The number of amides is 1. The second-order valence-corrected chi connectivity index (χ2v) is 6.89. The van der Waals surface area contributed by atoms with Gasteiger partial charge in [0, 0.05) is 43.9 Å². The minimum atomic E-state index is -4.75. The molecule has 0 atom stereocenters. The van der Waals surface area contributed by atoms with Crippen molar-refractivity contribution in [2.75, 3.05) is 26.2 Å². The standard InChI is InChI=1S/C12H12F3N3O3.C5H10O2/c13-12(14,15)9-5-8(6-10(7-9)18(20)21)11(19)17-3-1-16-2-4-17;1-5(2,3)7-4-6/h5-7,16H,1-4H2;4H,1-3H3. The van der Waals surface area contributed by atoms with Gasteiger partial charge in [0.15, 0.2) is 0 Å². The van der Waals surface area contributed by atoms with Crippen LogP contribution in [0.1, 0.15) is 36.7 Å². The smallest absolute Gasteiger partial charge is 0.416 e. The van der Waals surface area contributed by atoms with E-state index >= 15 is 0 Å². The zero-order chi connectivity index (χ0) is 21.5. The van der Waals surface area contributed by atoms with Crippen LogP contribution in [-0.2, 0) is 15.7 Å². The number of non-ortho nitro benzene ring substituents is 1. The number of nitro groups is 1. The topological polar surface area (TPSA) is 102 Å². The van der Waals surface area contributed by atoms with Crippen LogP contribution in [0.15, 0.2) is 18.2 Å². The molecular weight excluding hydrogens is 383 g/mol. The molecule has 1 aliphatic heterocycles. The second kappa shape index (κ2) is 9.49. The lowest BCUT2D eigenvalue weighted by atomic mass is 10.1. The molecule has 0 unspecified atom stereocenters. The Bertz CT molecular complexity index is 711. The normalized spacial score (nSPS) is 14.6. The molecule has 1 amide bonds. The Hall–Kier alpha value is -2.69. The largest absolute Gasteiger partial charge is 0.462 e. The molecule has 1 aromatic carbocycles. The Balaban J connectivity index is 0.000000480. The minimum absolute atomic E-state index is 0.318. The number of benzene rings is 1. The van der Waals surface area contributed by atoms with Gasteiger partial charge < -0.3 is 15.0 Å². The predicted molar refractivity (Wildman–Crippen MR) is 93.8 cm³/mol. The number of hydrogen-bond acceptors (Lipinski definition) is 6. The van der Waals surface area contributed by atoms with Gasteiger partial charge in [0.1, 0.15) is 5.60 Å². The molecule has 0 spiro atoms. The van der Waals surface area contributed by atoms with Gasteiger partial charge in [-0.25, -0.2) is 0 Å². The molecule has 1 saturated heterocycles. The summed E-state index contributed by atoms with van der Waals surface area (Å²) in [4.78, 5) is 32.9. The van der Waals surface area contributed by atoms with Crippen molar-refractivity contribution in [3.63, 3.8) is 0 Å². The lowest BCUT2D eigenvalue weighted by molar-refractivity contribution is -0.385. The van der Waals surface area contributed by atoms with E-state index < -0.39 is 28.3 Å². The number of ether oxygens (including phenoxy) is 1. The third-order valence-electron chi connectivity index (χ3n) is 3.51. The molecule has 0 saturated carbocycles. The molecule has 1 N–H and O–H groups in total. The van der Waals surface area contributed by atoms with Crippen LogP contribution in [0.3, 0.4) is 0 Å². The van der Waals surface area contributed by atoms with E-state index in [2.05, 4.69) is 10.1 Å². The molecule has 1 fully saturated rings. The molecule has 28 heavy (non-hydrogen) atoms. The summed E-state index contributed by atoms with van der Waals surface area (Å²) in [7, 11) is 0. The van der Waals surface area contributed by atoms with Crippen LogP contribution in [0.25, 0.3) is 0 Å². The predicted octanol–water partition coefficient (Wildman–Crippen LogP) is 2.62. The maximum atomic E-state index is 12.8. The first kappa shape index (κ1) is 23.3. The van der Waals surface area contributed by atoms with Crippen molar-refractivity contribution < 1.29 is 32.4 Å². The van der Waals surface area contributed by atoms with Crippen LogP contribution in [0.4, 0.5) is 18.9 Å². The number of rotatable bonds is 3. The highest BCUT2D eigenvalue weighted by Crippen LogP contribution is 2.32. The van der Waals surface area contributed by atoms with E-state index in [-0.39, 0.29) is 11.2 Å². The molecule has 1 heterocycles. The highest BCUT2D eigenvalue weighted by molar-refractivity contribution is 5.95. The summed E-state index contributed by atoms with van der Waals surface area (Å²) in [5.41, 5.74) is -2.58. The number of halogens is 3. The van der Waals surface area contributed by atoms with Crippen LogP contribution >= 0.6 is 0 Å². The van der Waals surface area contributed by atoms with Crippen LogP contribution in [0, 0.1) is 10.1 Å². The maximum absolute atomic E-state index is 12.8. The average molecular weight is 405 g/mol. The molecule has 0 bridgehead atoms. The highest BCUT2D eigenvalue weighted by Gasteiger charge is 2.34. The Morgan fingerprint density at radius 1 is 1.21 bits per heavy atom. The Morgan fingerprint density at radius 2 is 1.79 bits per heavy atom. The first-order valence-electron chi connectivity index (χ1n) is 8.33. The van der Waals surface area contributed by atoms with Crippen molar-refractivity contribution in [3.05, 3.63) is 39.4 Å². The van der Waals surface area contributed by atoms with Gasteiger partial charge in [-0.15, -0.1) is 0 Å². The number of piperazine rings is 1. The first-order valence-corrected chi connectivity index (χ1v) is 8.33. The van der Waals surface area contributed by atoms with E-state index in [4.69, 9.17) is 0 Å². The summed E-state index contributed by atoms with van der Waals surface area (Å²) in [5.74, 6) is -0.634. The van der Waals surface area contributed by atoms with Gasteiger partial charge in [0.05, 0.1) is 10.5 Å². The van der Waals surface area contributed by atoms with E-state index in [1.807, 2.05) is 20.8 Å². The quantitative estimate of drug-likeness (QED) is 0.471. The Kier molecular flexibility index (Phi) is 7.91. The number of hydrogen-bond donors (Lipinski definition) is 1. The average Bonchev–Trinajstić information content (AvgIpc) is 2.60. The summed E-state index contributed by atoms with van der Waals surface area (Å²) in [6, 6.07) is 1.95. The summed E-state index contributed by atoms with van der Waals surface area (Å²) in [6.45, 7) is 7.69. The molecule has 0 aromatic heterocycles. The van der Waals surface area contributed by atoms with Crippen molar-refractivity contribution in [3.8, 4) is 0 Å². The van der Waals surface area contributed by atoms with Crippen LogP contribution in [0.2, 0.25) is 0 Å². The third-order valence-corrected chi connectivity index (χ3v) is 3.51. The van der Waals surface area contributed by atoms with E-state index in [9.17, 15) is 32.9 Å². The fourth-order valence-corrected chi connectivity index (χ4v) is 2.20. The van der Waals surface area contributed by atoms with Gasteiger partial charge in [0.25, 0.3) is 18.1 Å². The van der Waals surface area contributed by atoms with Crippen molar-refractivity contribution in [1.29, 1.82) is 0 Å². The van der Waals surface area contributed by atoms with Gasteiger partial charge in [0.2, 0.25) is 0 Å². The van der Waals surface area contributed by atoms with E-state index in [0.717, 1.165) is 6.07 Å². The molecule has 11 heteroatoms. The lowest BCUT2D eigenvalue weighted by Gasteiger charge is -2.27. The van der Waals surface area contributed by atoms with Gasteiger partial charge in [-0.05, 0) is 26.8 Å². The van der Waals surface area contributed by atoms with Crippen LogP contribution < -0.4 is 5.32 Å². The van der Waals surface area contributed by atoms with Gasteiger partial charge >= 0.3 is 6.18 Å². The molecule has 0 aliphatic carbocycles. The number of nitrogens with zero attached hydrogens (tertiary/aromatic N) is 2. The molecule has 2 rings (SSSR count). The molecule has 156 valence electrons. The molecule has 8 nitrogen and oxygen atoms in total. The Morgan fingerprint density at radius 3 is 2.18 bits per heavy atom. The van der Waals surface area contributed by atoms with Crippen molar-refractivity contribution in [2.45, 2.75) is 32.5 Å². The first-order chi connectivity index (χ1) is 12.8. The summed E-state index contributed by atoms with van der Waals surface area (Å²) in [6.07, 6.45) is -4.75. The van der Waals surface area contributed by atoms with Crippen LogP contribution in [0.5, 0.6) is 0 Å². The summed E-state index contributed by atoms with van der Waals surface area (Å²) in [5, 5.41) is 13.7. The number of carbonyl (C=O) groups excluding carboxylic acids is 2. The minimum Gasteiger partial charge on any atom is -0.462 e. The lowest BCUT2D eigenvalue weighted by Crippen LogP contribution is -2.46. The van der Waals surface area contributed by atoms with Crippen molar-refractivity contribution in [1.82, 2.24) is 10.2 Å². The third kappa shape index (κ3) is 7.51. The number of nitro benzene ring substituents is 1. The zero-order valence-electron chi connectivity index (χ0n) is 15.7. The summed E-state index contributed by atoms with van der Waals surface area (Å²) < 4.78 is 42.8. The number of alkyl halides is 3. The zero-order valence-corrected chi connectivity index (χ0v) is 15.7. The fourth-order valence-electron chi connectivity index (χ4n) is 2.20. The van der Waals surface area contributed by atoms with Gasteiger partial charge in [-0.3, -0.25) is 19.7 Å². The fraction of sp³-hybridized carbons (Fsp3) is 0.529. The number of nitrogens with one attached hydrogen (secondary N) is 1. The van der Waals surface area contributed by atoms with Gasteiger partial charge in [-0.2, -0.15) is 13.2 Å². The molecular formula is C17H22F3N3O5. The second-order valence-electron chi connectivity index (χ2n) is 6.89. The van der Waals surface area contributed by atoms with Gasteiger partial charge in [-0.1, -0.05) is 0 Å². The van der Waals surface area contributed by atoms with E-state index in [1.165, 1.54) is 4.90 Å². The highest BCUT2D eigenvalue weighted by atomic mass is 19.4. The van der Waals surface area contributed by atoms with E-state index in [1.54, 1.807) is 0 Å². The van der Waals surface area contributed by atoms with Crippen molar-refractivity contribution >= 4 is 18.1 Å². The SMILES string of the molecule is CC(C)(C)OC=O.O=C(c1cc([N+](=O)[O-])cc(C(F)(F)F)c1)N1CCNCC1. The van der Waals surface area contributed by atoms with Crippen LogP contribution in [-0.4, -0.2) is 54.0 Å². The van der Waals surface area contributed by atoms with Crippen molar-refractivity contribution in [2.24, 2.45) is 0 Å².